The standard InChI is InChI=1S/C26H24N2O4/c29-24(28-16-6-10-21-9-4-5-11-23(21)28)18-32-25(30)17-27-26(31)22-14-12-20(13-15-22)19-7-2-1-3-8-19/h1-5,7-9,11-15H,6,10,16-18H2,(H,27,31). The molecule has 1 heterocycles. The molecule has 0 atom stereocenters. The van der Waals surface area contributed by atoms with E-state index in [0.29, 0.717) is 12.1 Å². The van der Waals surface area contributed by atoms with Crippen molar-refractivity contribution in [3.8, 4) is 11.1 Å². The van der Waals surface area contributed by atoms with Gasteiger partial charge in [0, 0.05) is 17.8 Å². The normalized spacial score (nSPS) is 12.6. The number of nitrogens with one attached hydrogen (secondary N) is 1. The molecule has 0 spiro atoms. The third-order valence-electron chi connectivity index (χ3n) is 5.42. The van der Waals surface area contributed by atoms with Crippen LogP contribution in [-0.2, 0) is 20.7 Å². The maximum absolute atomic E-state index is 12.5. The number of benzene rings is 3. The van der Waals surface area contributed by atoms with Crippen LogP contribution >= 0.6 is 0 Å². The third kappa shape index (κ3) is 5.03. The predicted octanol–water partition coefficient (Wildman–Crippen LogP) is 3.61. The summed E-state index contributed by atoms with van der Waals surface area (Å²) >= 11 is 0. The van der Waals surface area contributed by atoms with Gasteiger partial charge in [-0.3, -0.25) is 14.4 Å². The highest BCUT2D eigenvalue weighted by atomic mass is 16.5. The molecule has 1 aliphatic rings. The lowest BCUT2D eigenvalue weighted by Gasteiger charge is -2.29. The number of anilines is 1. The number of fused-ring (bicyclic) bond motifs is 1. The number of amides is 2. The molecule has 32 heavy (non-hydrogen) atoms. The quantitative estimate of drug-likeness (QED) is 0.609. The summed E-state index contributed by atoms with van der Waals surface area (Å²) in [6.45, 7) is -0.0545. The summed E-state index contributed by atoms with van der Waals surface area (Å²) in [5.74, 6) is -1.30. The highest BCUT2D eigenvalue weighted by molar-refractivity contribution is 5.98. The fourth-order valence-corrected chi connectivity index (χ4v) is 3.76. The molecule has 3 aromatic rings. The van der Waals surface area contributed by atoms with Crippen LogP contribution in [0.25, 0.3) is 11.1 Å². The van der Waals surface area contributed by atoms with Crippen molar-refractivity contribution in [2.45, 2.75) is 12.8 Å². The van der Waals surface area contributed by atoms with Crippen LogP contribution < -0.4 is 10.2 Å². The van der Waals surface area contributed by atoms with Crippen LogP contribution in [0.5, 0.6) is 0 Å². The summed E-state index contributed by atoms with van der Waals surface area (Å²) in [5, 5.41) is 2.54. The van der Waals surface area contributed by atoms with E-state index in [-0.39, 0.29) is 25.0 Å². The number of hydrogen-bond acceptors (Lipinski definition) is 4. The molecule has 0 bridgehead atoms. The lowest BCUT2D eigenvalue weighted by atomic mass is 10.0. The molecule has 0 aromatic heterocycles. The van der Waals surface area contributed by atoms with E-state index in [1.165, 1.54) is 0 Å². The molecule has 0 radical (unpaired) electrons. The van der Waals surface area contributed by atoms with E-state index < -0.39 is 5.97 Å². The zero-order chi connectivity index (χ0) is 22.3. The molecule has 0 unspecified atom stereocenters. The van der Waals surface area contributed by atoms with Crippen molar-refractivity contribution in [3.05, 3.63) is 90.0 Å². The van der Waals surface area contributed by atoms with E-state index >= 15 is 0 Å². The lowest BCUT2D eigenvalue weighted by Crippen LogP contribution is -2.39. The largest absolute Gasteiger partial charge is 0.454 e. The molecular formula is C26H24N2O4. The number of hydrogen-bond donors (Lipinski definition) is 1. The van der Waals surface area contributed by atoms with Crippen LogP contribution in [0.1, 0.15) is 22.3 Å². The van der Waals surface area contributed by atoms with Crippen molar-refractivity contribution >= 4 is 23.5 Å². The number of esters is 1. The van der Waals surface area contributed by atoms with Gasteiger partial charge >= 0.3 is 5.97 Å². The summed E-state index contributed by atoms with van der Waals surface area (Å²) in [6.07, 6.45) is 1.80. The molecule has 0 aliphatic carbocycles. The van der Waals surface area contributed by atoms with Crippen molar-refractivity contribution < 1.29 is 19.1 Å². The Kier molecular flexibility index (Phi) is 6.60. The number of carbonyl (C=O) groups is 3. The minimum absolute atomic E-state index is 0.270. The van der Waals surface area contributed by atoms with Crippen LogP contribution in [0.15, 0.2) is 78.9 Å². The van der Waals surface area contributed by atoms with Crippen LogP contribution in [0.3, 0.4) is 0 Å². The summed E-state index contributed by atoms with van der Waals surface area (Å²) in [6, 6.07) is 24.7. The topological polar surface area (TPSA) is 75.7 Å². The molecule has 4 rings (SSSR count). The number of rotatable bonds is 6. The second-order valence-electron chi connectivity index (χ2n) is 7.56. The Morgan fingerprint density at radius 1 is 0.844 bits per heavy atom. The first-order valence-corrected chi connectivity index (χ1v) is 10.6. The molecule has 6 nitrogen and oxygen atoms in total. The average Bonchev–Trinajstić information content (AvgIpc) is 2.86. The number of para-hydroxylation sites is 1. The maximum Gasteiger partial charge on any atom is 0.325 e. The number of carbonyl (C=O) groups excluding carboxylic acids is 3. The van der Waals surface area contributed by atoms with Gasteiger partial charge in [-0.15, -0.1) is 0 Å². The van der Waals surface area contributed by atoms with E-state index in [2.05, 4.69) is 5.32 Å². The van der Waals surface area contributed by atoms with Gasteiger partial charge in [-0.2, -0.15) is 0 Å². The Morgan fingerprint density at radius 2 is 1.53 bits per heavy atom. The average molecular weight is 428 g/mol. The summed E-state index contributed by atoms with van der Waals surface area (Å²) in [7, 11) is 0. The highest BCUT2D eigenvalue weighted by Crippen LogP contribution is 2.26. The van der Waals surface area contributed by atoms with Gasteiger partial charge in [-0.25, -0.2) is 0 Å². The Balaban J connectivity index is 1.25. The molecule has 0 saturated carbocycles. The van der Waals surface area contributed by atoms with E-state index in [1.54, 1.807) is 17.0 Å². The zero-order valence-electron chi connectivity index (χ0n) is 17.6. The highest BCUT2D eigenvalue weighted by Gasteiger charge is 2.23. The molecule has 0 fully saturated rings. The van der Waals surface area contributed by atoms with Gasteiger partial charge in [0.2, 0.25) is 0 Å². The summed E-state index contributed by atoms with van der Waals surface area (Å²) in [4.78, 5) is 38.6. The molecular weight excluding hydrogens is 404 g/mol. The Bertz CT molecular complexity index is 1110. The first-order chi connectivity index (χ1) is 15.6. The number of aryl methyl sites for hydroxylation is 1. The van der Waals surface area contributed by atoms with Gasteiger partial charge in [-0.05, 0) is 47.7 Å². The van der Waals surface area contributed by atoms with Crippen LogP contribution in [0, 0.1) is 0 Å². The second-order valence-corrected chi connectivity index (χ2v) is 7.56. The molecule has 6 heteroatoms. The first kappa shape index (κ1) is 21.3. The van der Waals surface area contributed by atoms with Crippen molar-refractivity contribution in [2.75, 3.05) is 24.6 Å². The zero-order valence-corrected chi connectivity index (χ0v) is 17.6. The molecule has 162 valence electrons. The van der Waals surface area contributed by atoms with E-state index in [9.17, 15) is 14.4 Å². The Hall–Kier alpha value is -3.93. The maximum atomic E-state index is 12.5. The van der Waals surface area contributed by atoms with Gasteiger partial charge in [0.1, 0.15) is 6.54 Å². The smallest absolute Gasteiger partial charge is 0.325 e. The third-order valence-corrected chi connectivity index (χ3v) is 5.42. The molecule has 1 aliphatic heterocycles. The number of nitrogens with zero attached hydrogens (tertiary/aromatic N) is 1. The van der Waals surface area contributed by atoms with Gasteiger partial charge < -0.3 is 15.0 Å². The summed E-state index contributed by atoms with van der Waals surface area (Å²) < 4.78 is 5.09. The van der Waals surface area contributed by atoms with Crippen molar-refractivity contribution in [3.63, 3.8) is 0 Å². The van der Waals surface area contributed by atoms with Gasteiger partial charge in [0.25, 0.3) is 11.8 Å². The first-order valence-electron chi connectivity index (χ1n) is 10.6. The monoisotopic (exact) mass is 428 g/mol. The van der Waals surface area contributed by atoms with Gasteiger partial charge in [0.05, 0.1) is 0 Å². The molecule has 1 N–H and O–H groups in total. The fraction of sp³-hybridized carbons (Fsp3) is 0.192. The van der Waals surface area contributed by atoms with E-state index in [0.717, 1.165) is 35.2 Å². The minimum atomic E-state index is -0.655. The fourth-order valence-electron chi connectivity index (χ4n) is 3.76. The van der Waals surface area contributed by atoms with Crippen molar-refractivity contribution in [1.29, 1.82) is 0 Å². The van der Waals surface area contributed by atoms with E-state index in [4.69, 9.17) is 4.74 Å². The Morgan fingerprint density at radius 3 is 2.31 bits per heavy atom. The van der Waals surface area contributed by atoms with E-state index in [1.807, 2.05) is 66.7 Å². The van der Waals surface area contributed by atoms with Crippen molar-refractivity contribution in [1.82, 2.24) is 5.32 Å². The second kappa shape index (κ2) is 9.92. The minimum Gasteiger partial charge on any atom is -0.454 e. The van der Waals surface area contributed by atoms with Gasteiger partial charge in [0.15, 0.2) is 6.61 Å². The van der Waals surface area contributed by atoms with Crippen LogP contribution in [0.2, 0.25) is 0 Å². The van der Waals surface area contributed by atoms with Gasteiger partial charge in [-0.1, -0.05) is 60.7 Å². The molecule has 0 saturated heterocycles. The predicted molar refractivity (Wildman–Crippen MR) is 122 cm³/mol. The van der Waals surface area contributed by atoms with Crippen LogP contribution in [-0.4, -0.2) is 37.5 Å². The molecule has 2 amide bonds. The molecule has 3 aromatic carbocycles. The van der Waals surface area contributed by atoms with Crippen LogP contribution in [0.4, 0.5) is 5.69 Å². The Labute approximate surface area is 186 Å². The lowest BCUT2D eigenvalue weighted by molar-refractivity contribution is -0.146. The van der Waals surface area contributed by atoms with Crippen molar-refractivity contribution in [2.24, 2.45) is 0 Å². The SMILES string of the molecule is O=C(CNC(=O)c1ccc(-c2ccccc2)cc1)OCC(=O)N1CCCc2ccccc21. The number of ether oxygens (including phenoxy) is 1. The summed E-state index contributed by atoms with van der Waals surface area (Å²) in [5.41, 5.74) is 4.48.